The van der Waals surface area contributed by atoms with Gasteiger partial charge in [-0.05, 0) is 80.3 Å². The Morgan fingerprint density at radius 3 is 1.26 bits per heavy atom. The Kier molecular flexibility index (Phi) is 5.67. The van der Waals surface area contributed by atoms with E-state index >= 15 is 0 Å². The van der Waals surface area contributed by atoms with Gasteiger partial charge in [0.2, 0.25) is 10.9 Å². The van der Waals surface area contributed by atoms with Gasteiger partial charge in [-0.15, -0.1) is 0 Å². The summed E-state index contributed by atoms with van der Waals surface area (Å²) in [4.78, 5) is 58.1. The van der Waals surface area contributed by atoms with Crippen molar-refractivity contribution in [2.45, 2.75) is 104 Å². The summed E-state index contributed by atoms with van der Waals surface area (Å²) in [6, 6.07) is 15.5. The lowest BCUT2D eigenvalue weighted by atomic mass is 9.79. The van der Waals surface area contributed by atoms with E-state index in [9.17, 15) is 29.4 Å². The van der Waals surface area contributed by atoms with Gasteiger partial charge in [-0.1, -0.05) is 107 Å². The number of aromatic hydroxyl groups is 2. The number of carbonyl (C=O) groups is 2. The van der Waals surface area contributed by atoms with Gasteiger partial charge in [0.15, 0.2) is 0 Å². The van der Waals surface area contributed by atoms with Crippen LogP contribution in [0.15, 0.2) is 94.8 Å². The number of anilines is 2. The molecule has 2 aromatic heterocycles. The van der Waals surface area contributed by atoms with E-state index in [1.54, 1.807) is 57.2 Å². The molecule has 0 aliphatic carbocycles. The van der Waals surface area contributed by atoms with Crippen LogP contribution < -0.4 is 21.5 Å². The van der Waals surface area contributed by atoms with Crippen LogP contribution in [-0.4, -0.2) is 32.0 Å². The number of phenolic OH excluding ortho intramolecular Hbond substituents is 2. The smallest absolute Gasteiger partial charge is 0.261 e. The standard InChI is InChI=1S/2C24H28N2O3/c2*1-23(2,3)16-11-17(24(4,5)6)20(27)12-19(16)26-22(29)15-13-25-18-10-8-7-9-14(18)21(15)28/h2*7-13,27H,1-6H3,(H,25,28)(H,26,29)/i1D3,2D3,4D3,5D3,6D3;4D3,5D3,6D3. The number of amides is 2. The lowest BCUT2D eigenvalue weighted by Gasteiger charge is -2.28. The Morgan fingerprint density at radius 1 is 0.534 bits per heavy atom. The fourth-order valence-corrected chi connectivity index (χ4v) is 6.07. The van der Waals surface area contributed by atoms with Crippen LogP contribution >= 0.6 is 0 Å². The molecule has 6 rings (SSSR count). The maximum atomic E-state index is 13.4. The number of para-hydroxylation sites is 2. The molecule has 2 amide bonds. The molecule has 0 radical (unpaired) electrons. The van der Waals surface area contributed by atoms with Crippen LogP contribution in [0.3, 0.4) is 0 Å². The van der Waals surface area contributed by atoms with Crippen molar-refractivity contribution in [1.29, 1.82) is 0 Å². The molecule has 10 nitrogen and oxygen atoms in total. The number of phenols is 2. The van der Waals surface area contributed by atoms with Crippen molar-refractivity contribution < 1.29 is 52.7 Å². The van der Waals surface area contributed by atoms with Gasteiger partial charge in [0.05, 0.1) is 0 Å². The maximum absolute atomic E-state index is 13.4. The molecule has 4 aromatic carbocycles. The lowest BCUT2D eigenvalue weighted by Crippen LogP contribution is -2.25. The third-order valence-electron chi connectivity index (χ3n) is 8.99. The number of carbonyl (C=O) groups excluding carboxylic acids is 2. The molecular formula is C48H56N4O6. The Morgan fingerprint density at radius 2 is 0.897 bits per heavy atom. The molecule has 0 spiro atoms. The molecule has 0 unspecified atom stereocenters. The van der Waals surface area contributed by atoms with Crippen LogP contribution in [0.1, 0.15) is 158 Å². The highest BCUT2D eigenvalue weighted by Crippen LogP contribution is 2.41. The zero-order valence-corrected chi connectivity index (χ0v) is 31.6. The minimum absolute atomic E-state index is 0.0492. The molecule has 0 aliphatic rings. The van der Waals surface area contributed by atoms with Crippen LogP contribution in [0, 0.1) is 0 Å². The molecule has 6 aromatic rings. The summed E-state index contributed by atoms with van der Waals surface area (Å²) >= 11 is 0. The minimum Gasteiger partial charge on any atom is -0.508 e. The van der Waals surface area contributed by atoms with Gasteiger partial charge in [-0.2, -0.15) is 0 Å². The summed E-state index contributed by atoms with van der Waals surface area (Å²) in [5.74, 6) is -4.30. The zero-order chi connectivity index (χ0) is 63.1. The van der Waals surface area contributed by atoms with Crippen molar-refractivity contribution in [1.82, 2.24) is 9.97 Å². The second-order valence-corrected chi connectivity index (χ2v) is 14.8. The van der Waals surface area contributed by atoms with Gasteiger partial charge in [-0.3, -0.25) is 19.2 Å². The second-order valence-electron chi connectivity index (χ2n) is 14.8. The maximum Gasteiger partial charge on any atom is 0.261 e. The number of rotatable bonds is 4. The quantitative estimate of drug-likeness (QED) is 0.104. The van der Waals surface area contributed by atoms with E-state index in [0.717, 1.165) is 18.3 Å². The number of fused-ring (bicyclic) bond motifs is 2. The number of aromatic amines is 2. The predicted molar refractivity (Wildman–Crippen MR) is 236 cm³/mol. The predicted octanol–water partition coefficient (Wildman–Crippen LogP) is 10.2. The van der Waals surface area contributed by atoms with E-state index in [0.29, 0.717) is 30.1 Å². The van der Waals surface area contributed by atoms with Crippen molar-refractivity contribution >= 4 is 45.0 Å². The normalized spacial score (nSPS) is 20.1. The molecule has 0 saturated heterocycles. The van der Waals surface area contributed by atoms with Crippen LogP contribution in [0.4, 0.5) is 11.4 Å². The zero-order valence-electron chi connectivity index (χ0n) is 55.6. The van der Waals surface area contributed by atoms with E-state index < -0.39 is 139 Å². The molecule has 0 saturated carbocycles. The van der Waals surface area contributed by atoms with Crippen LogP contribution in [0.2, 0.25) is 0 Å². The fraction of sp³-hybridized carbons (Fsp3) is 0.333. The molecular weight excluding hydrogens is 729 g/mol. The van der Waals surface area contributed by atoms with Gasteiger partial charge >= 0.3 is 0 Å². The number of hydrogen-bond donors (Lipinski definition) is 6. The molecule has 0 fully saturated rings. The Hall–Kier alpha value is -6.16. The summed E-state index contributed by atoms with van der Waals surface area (Å²) in [7, 11) is 0. The highest BCUT2D eigenvalue weighted by molar-refractivity contribution is 6.07. The molecule has 58 heavy (non-hydrogen) atoms. The van der Waals surface area contributed by atoms with Gasteiger partial charge in [0.1, 0.15) is 22.6 Å². The van der Waals surface area contributed by atoms with Gasteiger partial charge < -0.3 is 30.8 Å². The van der Waals surface area contributed by atoms with E-state index in [1.807, 2.05) is 0 Å². The highest BCUT2D eigenvalue weighted by atomic mass is 16.3. The summed E-state index contributed by atoms with van der Waals surface area (Å²) < 4.78 is 192. The number of H-pyrrole nitrogens is 2. The van der Waals surface area contributed by atoms with Crippen molar-refractivity contribution in [3.63, 3.8) is 0 Å². The van der Waals surface area contributed by atoms with Gasteiger partial charge in [0.25, 0.3) is 11.8 Å². The van der Waals surface area contributed by atoms with Crippen molar-refractivity contribution in [3.05, 3.63) is 139 Å². The number of hydrogen-bond acceptors (Lipinski definition) is 6. The van der Waals surface area contributed by atoms with Crippen molar-refractivity contribution in [2.24, 2.45) is 0 Å². The first-order valence-electron chi connectivity index (χ1n) is 29.4. The summed E-state index contributed by atoms with van der Waals surface area (Å²) in [6.07, 6.45) is 2.26. The highest BCUT2D eigenvalue weighted by Gasteiger charge is 2.28. The lowest BCUT2D eigenvalue weighted by molar-refractivity contribution is 0.101. The Balaban J connectivity index is 0.000000304. The summed E-state index contributed by atoms with van der Waals surface area (Å²) in [5.41, 5.74) is -16.1. The van der Waals surface area contributed by atoms with E-state index in [1.165, 1.54) is 18.3 Å². The monoisotopic (exact) mass is 809 g/mol. The number of benzene rings is 4. The molecule has 6 N–H and O–H groups in total. The first-order chi connectivity index (χ1) is 36.8. The van der Waals surface area contributed by atoms with Gasteiger partial charge in [0, 0.05) is 90.6 Å². The van der Waals surface area contributed by atoms with E-state index in [4.69, 9.17) is 32.9 Å². The molecule has 10 heteroatoms. The Bertz CT molecular complexity index is 3470. The van der Waals surface area contributed by atoms with Crippen LogP contribution in [0.25, 0.3) is 21.8 Å². The van der Waals surface area contributed by atoms with Crippen molar-refractivity contribution in [3.8, 4) is 11.5 Å². The SMILES string of the molecule is [2H]C([2H])([2H])C(C)(c1cc(C(C([2H])([2H])[2H])(C([2H])([2H])[2H])C([2H])([2H])[2H])c(O)cc1NC(=O)c1c[nH]c2ccccc2c1=O)C([2H])([2H])[2H].[2H]C([2H])([2H])C(c1cc(C(C)(C)C)c(NC(=O)c2c[nH]c3ccccc3c2=O)cc1O)(C([2H])([2H])[2H])C([2H])([2H])[2H]. The summed E-state index contributed by atoms with van der Waals surface area (Å²) in [6.45, 7) is -23.7. The summed E-state index contributed by atoms with van der Waals surface area (Å²) in [5, 5.41) is 27.0. The average molecular weight is 809 g/mol. The molecule has 0 bridgehead atoms. The molecule has 0 aliphatic heterocycles. The van der Waals surface area contributed by atoms with E-state index in [2.05, 4.69) is 20.6 Å². The van der Waals surface area contributed by atoms with E-state index in [-0.39, 0.29) is 27.6 Å². The third kappa shape index (κ3) is 9.17. The first-order valence-corrected chi connectivity index (χ1v) is 17.4. The third-order valence-corrected chi connectivity index (χ3v) is 8.99. The second kappa shape index (κ2) is 15.6. The number of aromatic nitrogens is 2. The topological polar surface area (TPSA) is 164 Å². The van der Waals surface area contributed by atoms with Crippen LogP contribution in [0.5, 0.6) is 11.5 Å². The minimum atomic E-state index is -3.90. The molecule has 304 valence electrons. The molecule has 2 heterocycles. The number of nitrogens with one attached hydrogen (secondary N) is 4. The number of pyridine rings is 2. The largest absolute Gasteiger partial charge is 0.508 e. The fourth-order valence-electron chi connectivity index (χ4n) is 6.07. The Labute approximate surface area is 373 Å². The average Bonchev–Trinajstić information content (AvgIpc) is 1.90. The molecule has 0 atom stereocenters. The van der Waals surface area contributed by atoms with Crippen LogP contribution in [-0.2, 0) is 21.7 Å². The first kappa shape index (κ1) is 21.0. The van der Waals surface area contributed by atoms with Crippen molar-refractivity contribution in [2.75, 3.05) is 10.6 Å². The van der Waals surface area contributed by atoms with Gasteiger partial charge in [-0.25, -0.2) is 0 Å².